The molecule has 0 atom stereocenters. The molecule has 0 radical (unpaired) electrons. The van der Waals surface area contributed by atoms with E-state index in [9.17, 15) is 4.79 Å². The van der Waals surface area contributed by atoms with Gasteiger partial charge in [0, 0.05) is 6.08 Å². The largest absolute Gasteiger partial charge is 0.493 e. The van der Waals surface area contributed by atoms with Crippen LogP contribution >= 0.6 is 0 Å². The van der Waals surface area contributed by atoms with Crippen LogP contribution in [-0.2, 0) is 9.53 Å². The van der Waals surface area contributed by atoms with Crippen LogP contribution in [0, 0.1) is 6.92 Å². The fraction of sp³-hybridized carbons (Fsp3) is 0.318. The van der Waals surface area contributed by atoms with E-state index in [2.05, 4.69) is 6.92 Å². The van der Waals surface area contributed by atoms with E-state index in [-0.39, 0.29) is 5.97 Å². The lowest BCUT2D eigenvalue weighted by Gasteiger charge is -2.14. The zero-order valence-electron chi connectivity index (χ0n) is 15.9. The SMILES string of the molecule is CCCOc1ccc(/C(=C\C(=O)OCC)c2cccc(C)c2)cc1OC. The van der Waals surface area contributed by atoms with Gasteiger partial charge in [-0.2, -0.15) is 0 Å². The number of hydrogen-bond donors (Lipinski definition) is 0. The molecule has 0 amide bonds. The van der Waals surface area contributed by atoms with Crippen molar-refractivity contribution in [2.75, 3.05) is 20.3 Å². The van der Waals surface area contributed by atoms with Gasteiger partial charge in [-0.1, -0.05) is 42.8 Å². The Morgan fingerprint density at radius 2 is 1.81 bits per heavy atom. The molecule has 4 nitrogen and oxygen atoms in total. The molecular weight excluding hydrogens is 328 g/mol. The highest BCUT2D eigenvalue weighted by atomic mass is 16.5. The summed E-state index contributed by atoms with van der Waals surface area (Å²) in [5.74, 6) is 0.963. The van der Waals surface area contributed by atoms with Crippen molar-refractivity contribution in [3.63, 3.8) is 0 Å². The van der Waals surface area contributed by atoms with Gasteiger partial charge in [-0.3, -0.25) is 0 Å². The average molecular weight is 354 g/mol. The molecule has 4 heteroatoms. The molecule has 0 fully saturated rings. The Kier molecular flexibility index (Phi) is 7.27. The van der Waals surface area contributed by atoms with Crippen LogP contribution in [0.4, 0.5) is 0 Å². The highest BCUT2D eigenvalue weighted by Gasteiger charge is 2.13. The Bertz CT molecular complexity index is 777. The van der Waals surface area contributed by atoms with Crippen molar-refractivity contribution in [1.82, 2.24) is 0 Å². The summed E-state index contributed by atoms with van der Waals surface area (Å²) >= 11 is 0. The second kappa shape index (κ2) is 9.66. The Labute approximate surface area is 155 Å². The van der Waals surface area contributed by atoms with Gasteiger partial charge in [0.05, 0.1) is 20.3 Å². The molecule has 0 aliphatic heterocycles. The van der Waals surface area contributed by atoms with E-state index in [4.69, 9.17) is 14.2 Å². The first-order valence-electron chi connectivity index (χ1n) is 8.85. The fourth-order valence-electron chi connectivity index (χ4n) is 2.61. The third-order valence-corrected chi connectivity index (χ3v) is 3.81. The second-order valence-corrected chi connectivity index (χ2v) is 5.89. The van der Waals surface area contributed by atoms with Crippen LogP contribution in [0.5, 0.6) is 11.5 Å². The predicted molar refractivity (Wildman–Crippen MR) is 104 cm³/mol. The normalized spacial score (nSPS) is 11.2. The van der Waals surface area contributed by atoms with E-state index < -0.39 is 0 Å². The molecule has 0 bridgehead atoms. The third-order valence-electron chi connectivity index (χ3n) is 3.81. The number of benzene rings is 2. The maximum absolute atomic E-state index is 12.1. The minimum atomic E-state index is -0.366. The monoisotopic (exact) mass is 354 g/mol. The Hall–Kier alpha value is -2.75. The molecule has 0 N–H and O–H groups in total. The standard InChI is InChI=1S/C22H26O4/c1-5-12-26-20-11-10-18(14-21(20)24-4)19(15-22(23)25-6-2)17-9-7-8-16(3)13-17/h7-11,13-15H,5-6,12H2,1-4H3/b19-15-. The zero-order valence-corrected chi connectivity index (χ0v) is 15.9. The van der Waals surface area contributed by atoms with E-state index in [0.717, 1.165) is 28.7 Å². The Morgan fingerprint density at radius 3 is 2.46 bits per heavy atom. The van der Waals surface area contributed by atoms with Crippen molar-refractivity contribution < 1.29 is 19.0 Å². The smallest absolute Gasteiger partial charge is 0.331 e. The quantitative estimate of drug-likeness (QED) is 0.505. The summed E-state index contributed by atoms with van der Waals surface area (Å²) in [4.78, 5) is 12.1. The molecule has 0 aliphatic carbocycles. The molecule has 2 rings (SSSR count). The number of rotatable bonds is 8. The van der Waals surface area contributed by atoms with E-state index in [1.807, 2.05) is 49.4 Å². The Balaban J connectivity index is 2.49. The first kappa shape index (κ1) is 19.6. The van der Waals surface area contributed by atoms with Gasteiger partial charge in [-0.05, 0) is 49.1 Å². The van der Waals surface area contributed by atoms with Gasteiger partial charge in [0.2, 0.25) is 0 Å². The fourth-order valence-corrected chi connectivity index (χ4v) is 2.61. The lowest BCUT2D eigenvalue weighted by Crippen LogP contribution is -2.03. The third kappa shape index (κ3) is 5.12. The molecule has 0 aromatic heterocycles. The summed E-state index contributed by atoms with van der Waals surface area (Å²) in [5, 5.41) is 0. The topological polar surface area (TPSA) is 44.8 Å². The predicted octanol–water partition coefficient (Wildman–Crippen LogP) is 4.79. The first-order valence-corrected chi connectivity index (χ1v) is 8.85. The molecule has 0 spiro atoms. The van der Waals surface area contributed by atoms with Crippen LogP contribution < -0.4 is 9.47 Å². The molecule has 0 saturated carbocycles. The number of carbonyl (C=O) groups excluding carboxylic acids is 1. The van der Waals surface area contributed by atoms with E-state index in [1.54, 1.807) is 14.0 Å². The van der Waals surface area contributed by atoms with Gasteiger partial charge in [0.25, 0.3) is 0 Å². The minimum absolute atomic E-state index is 0.337. The van der Waals surface area contributed by atoms with Gasteiger partial charge in [0.15, 0.2) is 11.5 Å². The first-order chi connectivity index (χ1) is 12.6. The molecule has 2 aromatic carbocycles. The lowest BCUT2D eigenvalue weighted by molar-refractivity contribution is -0.137. The van der Waals surface area contributed by atoms with Crippen LogP contribution in [0.1, 0.15) is 37.0 Å². The highest BCUT2D eigenvalue weighted by molar-refractivity contribution is 5.96. The summed E-state index contributed by atoms with van der Waals surface area (Å²) in [6, 6.07) is 13.7. The molecule has 0 saturated heterocycles. The van der Waals surface area contributed by atoms with Gasteiger partial charge in [-0.15, -0.1) is 0 Å². The molecular formula is C22H26O4. The lowest BCUT2D eigenvalue weighted by atomic mass is 9.96. The molecule has 0 aliphatic rings. The van der Waals surface area contributed by atoms with Crippen molar-refractivity contribution in [3.05, 3.63) is 65.2 Å². The second-order valence-electron chi connectivity index (χ2n) is 5.89. The van der Waals surface area contributed by atoms with Crippen LogP contribution in [0.3, 0.4) is 0 Å². The minimum Gasteiger partial charge on any atom is -0.493 e. The van der Waals surface area contributed by atoms with Crippen LogP contribution in [-0.4, -0.2) is 26.3 Å². The Morgan fingerprint density at radius 1 is 1.04 bits per heavy atom. The van der Waals surface area contributed by atoms with Crippen molar-refractivity contribution in [1.29, 1.82) is 0 Å². The maximum Gasteiger partial charge on any atom is 0.331 e. The summed E-state index contributed by atoms with van der Waals surface area (Å²) < 4.78 is 16.3. The molecule has 2 aromatic rings. The highest BCUT2D eigenvalue weighted by Crippen LogP contribution is 2.33. The van der Waals surface area contributed by atoms with Crippen molar-refractivity contribution in [3.8, 4) is 11.5 Å². The van der Waals surface area contributed by atoms with Gasteiger partial charge in [-0.25, -0.2) is 4.79 Å². The maximum atomic E-state index is 12.1. The van der Waals surface area contributed by atoms with Crippen molar-refractivity contribution in [2.24, 2.45) is 0 Å². The van der Waals surface area contributed by atoms with Crippen LogP contribution in [0.15, 0.2) is 48.5 Å². The summed E-state index contributed by atoms with van der Waals surface area (Å²) in [6.45, 7) is 6.83. The van der Waals surface area contributed by atoms with Gasteiger partial charge < -0.3 is 14.2 Å². The number of esters is 1. The van der Waals surface area contributed by atoms with Crippen molar-refractivity contribution in [2.45, 2.75) is 27.2 Å². The van der Waals surface area contributed by atoms with Crippen LogP contribution in [0.25, 0.3) is 5.57 Å². The van der Waals surface area contributed by atoms with Gasteiger partial charge >= 0.3 is 5.97 Å². The van der Waals surface area contributed by atoms with Crippen molar-refractivity contribution >= 4 is 11.5 Å². The summed E-state index contributed by atoms with van der Waals surface area (Å²) in [7, 11) is 1.61. The molecule has 26 heavy (non-hydrogen) atoms. The number of carbonyl (C=O) groups is 1. The number of methoxy groups -OCH3 is 1. The summed E-state index contributed by atoms with van der Waals surface area (Å²) in [5.41, 5.74) is 3.71. The number of aryl methyl sites for hydroxylation is 1. The molecule has 0 heterocycles. The average Bonchev–Trinajstić information content (AvgIpc) is 2.64. The van der Waals surface area contributed by atoms with E-state index >= 15 is 0 Å². The van der Waals surface area contributed by atoms with Crippen LogP contribution in [0.2, 0.25) is 0 Å². The number of hydrogen-bond acceptors (Lipinski definition) is 4. The molecule has 0 unspecified atom stereocenters. The van der Waals surface area contributed by atoms with E-state index in [0.29, 0.717) is 24.7 Å². The zero-order chi connectivity index (χ0) is 18.9. The number of ether oxygens (including phenoxy) is 3. The molecule has 138 valence electrons. The van der Waals surface area contributed by atoms with E-state index in [1.165, 1.54) is 6.08 Å². The summed E-state index contributed by atoms with van der Waals surface area (Å²) in [6.07, 6.45) is 2.45. The van der Waals surface area contributed by atoms with Gasteiger partial charge in [0.1, 0.15) is 0 Å².